The van der Waals surface area contributed by atoms with Crippen molar-refractivity contribution in [2.75, 3.05) is 18.9 Å². The van der Waals surface area contributed by atoms with Gasteiger partial charge in [-0.15, -0.1) is 0 Å². The van der Waals surface area contributed by atoms with Crippen LogP contribution in [0.2, 0.25) is 0 Å². The zero-order chi connectivity index (χ0) is 21.8. The number of nitrogens with one attached hydrogen (secondary N) is 1. The van der Waals surface area contributed by atoms with E-state index in [0.717, 1.165) is 48.9 Å². The highest BCUT2D eigenvalue weighted by molar-refractivity contribution is 8.00. The molecule has 8 nitrogen and oxygen atoms in total. The molecule has 0 saturated carbocycles. The van der Waals surface area contributed by atoms with Gasteiger partial charge in [0.05, 0.1) is 23.0 Å². The molecule has 1 aliphatic rings. The van der Waals surface area contributed by atoms with Gasteiger partial charge in [-0.25, -0.2) is 12.8 Å². The van der Waals surface area contributed by atoms with Crippen molar-refractivity contribution in [2.24, 2.45) is 0 Å². The second kappa shape index (κ2) is 9.25. The number of rotatable bonds is 8. The summed E-state index contributed by atoms with van der Waals surface area (Å²) in [7, 11) is -4.12. The molecule has 1 N–H and O–H groups in total. The Morgan fingerprint density at radius 3 is 2.74 bits per heavy atom. The largest absolute Gasteiger partial charge is 0.459 e. The van der Waals surface area contributed by atoms with E-state index >= 15 is 0 Å². The van der Waals surface area contributed by atoms with Gasteiger partial charge in [-0.05, 0) is 49.2 Å². The van der Waals surface area contributed by atoms with E-state index in [4.69, 9.17) is 13.6 Å². The molecule has 164 valence electrons. The highest BCUT2D eigenvalue weighted by atomic mass is 32.2. The lowest BCUT2D eigenvalue weighted by atomic mass is 10.2. The highest BCUT2D eigenvalue weighted by Gasteiger charge is 2.30. The Morgan fingerprint density at radius 2 is 2.06 bits per heavy atom. The summed E-state index contributed by atoms with van der Waals surface area (Å²) in [6, 6.07) is 7.57. The molecule has 1 amide bonds. The van der Waals surface area contributed by atoms with Crippen LogP contribution in [0.5, 0.6) is 0 Å². The summed E-state index contributed by atoms with van der Waals surface area (Å²) < 4.78 is 55.7. The molecule has 31 heavy (non-hydrogen) atoms. The van der Waals surface area contributed by atoms with E-state index in [1.165, 1.54) is 6.26 Å². The van der Waals surface area contributed by atoms with Crippen LogP contribution >= 0.6 is 11.8 Å². The number of aromatic nitrogens is 1. The number of hydrogen-bond acceptors (Lipinski definition) is 8. The molecule has 2 aromatic heterocycles. The van der Waals surface area contributed by atoms with E-state index in [-0.39, 0.29) is 44.4 Å². The van der Waals surface area contributed by atoms with Crippen LogP contribution in [0.3, 0.4) is 0 Å². The third-order valence-electron chi connectivity index (χ3n) is 4.56. The van der Waals surface area contributed by atoms with Crippen LogP contribution < -0.4 is 5.32 Å². The average Bonchev–Trinajstić information content (AvgIpc) is 3.52. The molecular formula is C20H19FN2O6S2. The Labute approximate surface area is 182 Å². The molecule has 1 aromatic carbocycles. The van der Waals surface area contributed by atoms with Crippen LogP contribution in [-0.2, 0) is 19.4 Å². The van der Waals surface area contributed by atoms with Crippen molar-refractivity contribution >= 4 is 27.5 Å². The third kappa shape index (κ3) is 5.00. The van der Waals surface area contributed by atoms with Crippen molar-refractivity contribution in [2.45, 2.75) is 34.0 Å². The summed E-state index contributed by atoms with van der Waals surface area (Å²) in [4.78, 5) is 16.2. The molecule has 1 saturated heterocycles. The summed E-state index contributed by atoms with van der Waals surface area (Å²) in [5, 5.41) is 2.36. The maximum absolute atomic E-state index is 13.2. The molecule has 1 atom stereocenters. The monoisotopic (exact) mass is 466 g/mol. The standard InChI is InChI=1S/C20H19FN2O6S2/c21-13-5-7-15(8-6-13)31(25,26)19-20(29-18(23-19)16-4-2-10-28-16)30-12-17(24)22-11-14-3-1-9-27-14/h2,4-8,10,14H,1,3,9,11-12H2,(H,22,24)/t14-/m0/s1. The molecular weight excluding hydrogens is 447 g/mol. The van der Waals surface area contributed by atoms with E-state index in [9.17, 15) is 17.6 Å². The average molecular weight is 467 g/mol. The Bertz CT molecular complexity index is 1140. The SMILES string of the molecule is O=C(CSc1oc(-c2ccco2)nc1S(=O)(=O)c1ccc(F)cc1)NC[C@@H]1CCCO1. The lowest BCUT2D eigenvalue weighted by molar-refractivity contribution is -0.119. The molecule has 0 bridgehead atoms. The van der Waals surface area contributed by atoms with Gasteiger partial charge in [0.15, 0.2) is 5.76 Å². The van der Waals surface area contributed by atoms with Crippen LogP contribution in [0.4, 0.5) is 4.39 Å². The van der Waals surface area contributed by atoms with Crippen LogP contribution in [0, 0.1) is 5.82 Å². The van der Waals surface area contributed by atoms with Crippen molar-refractivity contribution in [3.05, 3.63) is 48.5 Å². The smallest absolute Gasteiger partial charge is 0.265 e. The van der Waals surface area contributed by atoms with E-state index in [1.807, 2.05) is 0 Å². The minimum atomic E-state index is -4.12. The Balaban J connectivity index is 1.55. The zero-order valence-electron chi connectivity index (χ0n) is 16.2. The number of sulfone groups is 1. The first kappa shape index (κ1) is 21.6. The van der Waals surface area contributed by atoms with Crippen LogP contribution in [-0.4, -0.2) is 44.3 Å². The number of amides is 1. The van der Waals surface area contributed by atoms with Crippen LogP contribution in [0.15, 0.2) is 66.5 Å². The number of benzene rings is 1. The number of thioether (sulfide) groups is 1. The number of oxazole rings is 1. The van der Waals surface area contributed by atoms with Crippen LogP contribution in [0.1, 0.15) is 12.8 Å². The second-order valence-corrected chi connectivity index (χ2v) is 9.59. The highest BCUT2D eigenvalue weighted by Crippen LogP contribution is 2.35. The fourth-order valence-corrected chi connectivity index (χ4v) is 5.36. The molecule has 1 aliphatic heterocycles. The molecule has 0 spiro atoms. The van der Waals surface area contributed by atoms with Gasteiger partial charge in [0, 0.05) is 13.2 Å². The van der Waals surface area contributed by atoms with Crippen molar-refractivity contribution in [3.8, 4) is 11.7 Å². The Kier molecular flexibility index (Phi) is 6.44. The lowest BCUT2D eigenvalue weighted by Crippen LogP contribution is -2.32. The maximum atomic E-state index is 13.2. The van der Waals surface area contributed by atoms with Gasteiger partial charge in [0.2, 0.25) is 25.9 Å². The van der Waals surface area contributed by atoms with Gasteiger partial charge in [0.25, 0.3) is 5.89 Å². The number of furan rings is 1. The number of carbonyl (C=O) groups excluding carboxylic acids is 1. The van der Waals surface area contributed by atoms with Gasteiger partial charge in [0.1, 0.15) is 5.82 Å². The first-order chi connectivity index (χ1) is 14.9. The van der Waals surface area contributed by atoms with Crippen molar-refractivity contribution < 1.29 is 31.2 Å². The molecule has 3 aromatic rings. The number of hydrogen-bond donors (Lipinski definition) is 1. The van der Waals surface area contributed by atoms with Crippen molar-refractivity contribution in [1.29, 1.82) is 0 Å². The first-order valence-electron chi connectivity index (χ1n) is 9.50. The van der Waals surface area contributed by atoms with E-state index < -0.39 is 15.7 Å². The van der Waals surface area contributed by atoms with Crippen LogP contribution in [0.25, 0.3) is 11.7 Å². The van der Waals surface area contributed by atoms with Gasteiger partial charge in [-0.2, -0.15) is 4.98 Å². The molecule has 4 rings (SSSR count). The van der Waals surface area contributed by atoms with Gasteiger partial charge >= 0.3 is 0 Å². The van der Waals surface area contributed by atoms with E-state index in [2.05, 4.69) is 10.3 Å². The molecule has 11 heteroatoms. The van der Waals surface area contributed by atoms with Crippen molar-refractivity contribution in [1.82, 2.24) is 10.3 Å². The molecule has 1 fully saturated rings. The topological polar surface area (TPSA) is 112 Å². The molecule has 0 aliphatic carbocycles. The quantitative estimate of drug-likeness (QED) is 0.398. The third-order valence-corrected chi connectivity index (χ3v) is 7.32. The zero-order valence-corrected chi connectivity index (χ0v) is 17.9. The van der Waals surface area contributed by atoms with Gasteiger partial charge in [-0.1, -0.05) is 11.8 Å². The number of nitrogens with zero attached hydrogens (tertiary/aromatic N) is 1. The van der Waals surface area contributed by atoms with E-state index in [1.54, 1.807) is 12.1 Å². The fourth-order valence-electron chi connectivity index (χ4n) is 3.00. The number of halogens is 1. The minimum absolute atomic E-state index is 0.000741. The van der Waals surface area contributed by atoms with Gasteiger partial charge < -0.3 is 18.9 Å². The number of carbonyl (C=O) groups is 1. The fraction of sp³-hybridized carbons (Fsp3) is 0.300. The number of ether oxygens (including phenoxy) is 1. The minimum Gasteiger partial charge on any atom is -0.459 e. The summed E-state index contributed by atoms with van der Waals surface area (Å²) in [5.74, 6) is -0.724. The predicted octanol–water partition coefficient (Wildman–Crippen LogP) is 3.29. The van der Waals surface area contributed by atoms with Crippen molar-refractivity contribution in [3.63, 3.8) is 0 Å². The predicted molar refractivity (Wildman–Crippen MR) is 109 cm³/mol. The Hall–Kier alpha value is -2.63. The normalized spacial score (nSPS) is 16.5. The van der Waals surface area contributed by atoms with Gasteiger partial charge in [-0.3, -0.25) is 4.79 Å². The Morgan fingerprint density at radius 1 is 1.26 bits per heavy atom. The summed E-state index contributed by atoms with van der Waals surface area (Å²) >= 11 is 0.904. The van der Waals surface area contributed by atoms with E-state index in [0.29, 0.717) is 13.2 Å². The lowest BCUT2D eigenvalue weighted by Gasteiger charge is -2.10. The molecule has 3 heterocycles. The second-order valence-electron chi connectivity index (χ2n) is 6.77. The summed E-state index contributed by atoms with van der Waals surface area (Å²) in [6.45, 7) is 1.09. The first-order valence-corrected chi connectivity index (χ1v) is 12.0. The summed E-state index contributed by atoms with van der Waals surface area (Å²) in [5.41, 5.74) is 0. The maximum Gasteiger partial charge on any atom is 0.265 e. The molecule has 0 radical (unpaired) electrons. The molecule has 0 unspecified atom stereocenters. The summed E-state index contributed by atoms with van der Waals surface area (Å²) in [6.07, 6.45) is 3.26.